The van der Waals surface area contributed by atoms with Crippen molar-refractivity contribution in [3.63, 3.8) is 0 Å². The lowest BCUT2D eigenvalue weighted by Gasteiger charge is -2.18. The minimum absolute atomic E-state index is 0.286. The molecule has 0 spiro atoms. The van der Waals surface area contributed by atoms with Gasteiger partial charge in [-0.1, -0.05) is 6.07 Å². The van der Waals surface area contributed by atoms with E-state index in [4.69, 9.17) is 5.73 Å². The number of rotatable bonds is 1. The minimum Gasteiger partial charge on any atom is -0.508 e. The number of halogens is 3. The Morgan fingerprint density at radius 3 is 2.13 bits per heavy atom. The summed E-state index contributed by atoms with van der Waals surface area (Å²) < 4.78 is 36.9. The molecule has 0 saturated heterocycles. The first-order valence-electron chi connectivity index (χ1n) is 4.36. The highest BCUT2D eigenvalue weighted by Crippen LogP contribution is 2.36. The lowest BCUT2D eigenvalue weighted by atomic mass is 10.00. The van der Waals surface area contributed by atoms with Crippen LogP contribution in [0.3, 0.4) is 0 Å². The van der Waals surface area contributed by atoms with Gasteiger partial charge in [-0.2, -0.15) is 13.2 Å². The molecule has 1 aromatic rings. The second kappa shape index (κ2) is 3.73. The van der Waals surface area contributed by atoms with Gasteiger partial charge in [0.15, 0.2) is 0 Å². The number of phenols is 1. The molecule has 0 saturated carbocycles. The number of benzene rings is 1. The summed E-state index contributed by atoms with van der Waals surface area (Å²) in [5.41, 5.74) is 6.12. The molecular weight excluding hydrogens is 207 g/mol. The molecule has 84 valence electrons. The monoisotopic (exact) mass is 219 g/mol. The molecule has 0 aromatic heterocycles. The summed E-state index contributed by atoms with van der Waals surface area (Å²) in [4.78, 5) is 0. The molecule has 15 heavy (non-hydrogen) atoms. The fourth-order valence-corrected chi connectivity index (χ4v) is 1.25. The van der Waals surface area contributed by atoms with Crippen molar-refractivity contribution >= 4 is 0 Å². The minimum atomic E-state index is -4.54. The summed E-state index contributed by atoms with van der Waals surface area (Å²) in [6.45, 7) is 3.37. The average Bonchev–Trinajstić information content (AvgIpc) is 2.08. The van der Waals surface area contributed by atoms with Gasteiger partial charge in [-0.15, -0.1) is 0 Å². The number of hydrogen-bond donors (Lipinski definition) is 2. The van der Waals surface area contributed by atoms with Gasteiger partial charge in [0.05, 0.1) is 0 Å². The lowest BCUT2D eigenvalue weighted by molar-refractivity contribution is -0.149. The van der Waals surface area contributed by atoms with Crippen molar-refractivity contribution in [2.24, 2.45) is 5.73 Å². The zero-order chi connectivity index (χ0) is 11.8. The first kappa shape index (κ1) is 11.8. The van der Waals surface area contributed by atoms with Gasteiger partial charge in [-0.3, -0.25) is 0 Å². The summed E-state index contributed by atoms with van der Waals surface area (Å²) in [5.74, 6) is -0.414. The standard InChI is InChI=1S/C10H12F3NO/c1-5-3-7(8(15)4-6(5)2)9(14)10(11,12)13/h3-4,9,15H,14H2,1-2H3/t9-/m1/s1. The third-order valence-electron chi connectivity index (χ3n) is 2.33. The van der Waals surface area contributed by atoms with Gasteiger partial charge in [-0.05, 0) is 31.0 Å². The number of alkyl halides is 3. The predicted octanol–water partition coefficient (Wildman–Crippen LogP) is 2.57. The van der Waals surface area contributed by atoms with E-state index in [-0.39, 0.29) is 5.56 Å². The zero-order valence-electron chi connectivity index (χ0n) is 8.39. The molecule has 0 heterocycles. The van der Waals surface area contributed by atoms with E-state index in [1.807, 2.05) is 0 Å². The van der Waals surface area contributed by atoms with E-state index >= 15 is 0 Å². The molecule has 0 aliphatic carbocycles. The second-order valence-electron chi connectivity index (χ2n) is 3.51. The number of phenolic OH excluding ortho intramolecular Hbond substituents is 1. The van der Waals surface area contributed by atoms with Gasteiger partial charge in [0.25, 0.3) is 0 Å². The van der Waals surface area contributed by atoms with Crippen LogP contribution in [-0.2, 0) is 0 Å². The maximum absolute atomic E-state index is 12.3. The molecular formula is C10H12F3NO. The molecule has 0 unspecified atom stereocenters. The number of aromatic hydroxyl groups is 1. The Morgan fingerprint density at radius 2 is 1.67 bits per heavy atom. The Hall–Kier alpha value is -1.23. The van der Waals surface area contributed by atoms with Crippen molar-refractivity contribution in [2.45, 2.75) is 26.1 Å². The normalized spacial score (nSPS) is 14.0. The molecule has 0 fully saturated rings. The quantitative estimate of drug-likeness (QED) is 0.762. The second-order valence-corrected chi connectivity index (χ2v) is 3.51. The molecule has 5 heteroatoms. The van der Waals surface area contributed by atoms with Crippen LogP contribution in [0.2, 0.25) is 0 Å². The molecule has 3 N–H and O–H groups in total. The van der Waals surface area contributed by atoms with Crippen LogP contribution >= 0.6 is 0 Å². The summed E-state index contributed by atoms with van der Waals surface area (Å²) >= 11 is 0. The van der Waals surface area contributed by atoms with Gasteiger partial charge in [0.2, 0.25) is 0 Å². The van der Waals surface area contributed by atoms with Crippen molar-refractivity contribution in [1.82, 2.24) is 0 Å². The smallest absolute Gasteiger partial charge is 0.407 e. The Labute approximate surface area is 85.5 Å². The van der Waals surface area contributed by atoms with Crippen LogP contribution in [-0.4, -0.2) is 11.3 Å². The maximum Gasteiger partial charge on any atom is 0.407 e. The highest BCUT2D eigenvalue weighted by atomic mass is 19.4. The molecule has 0 amide bonds. The Morgan fingerprint density at radius 1 is 1.20 bits per heavy atom. The zero-order valence-corrected chi connectivity index (χ0v) is 8.39. The molecule has 1 rings (SSSR count). The Balaban J connectivity index is 3.21. The number of aryl methyl sites for hydroxylation is 2. The number of nitrogens with two attached hydrogens (primary N) is 1. The van der Waals surface area contributed by atoms with Crippen LogP contribution in [0.25, 0.3) is 0 Å². The molecule has 2 nitrogen and oxygen atoms in total. The van der Waals surface area contributed by atoms with Crippen LogP contribution in [0, 0.1) is 13.8 Å². The highest BCUT2D eigenvalue weighted by Gasteiger charge is 2.39. The van der Waals surface area contributed by atoms with Crippen molar-refractivity contribution in [3.05, 3.63) is 28.8 Å². The third kappa shape index (κ3) is 2.41. The largest absolute Gasteiger partial charge is 0.508 e. The van der Waals surface area contributed by atoms with E-state index in [1.165, 1.54) is 12.1 Å². The van der Waals surface area contributed by atoms with Crippen LogP contribution in [0.1, 0.15) is 22.7 Å². The van der Waals surface area contributed by atoms with Gasteiger partial charge in [0, 0.05) is 5.56 Å². The summed E-state index contributed by atoms with van der Waals surface area (Å²) in [6.07, 6.45) is -4.54. The van der Waals surface area contributed by atoms with Gasteiger partial charge in [0.1, 0.15) is 11.8 Å². The molecule has 0 radical (unpaired) electrons. The molecule has 1 atom stereocenters. The van der Waals surface area contributed by atoms with E-state index in [1.54, 1.807) is 13.8 Å². The van der Waals surface area contributed by atoms with E-state index in [0.29, 0.717) is 5.56 Å². The fourth-order valence-electron chi connectivity index (χ4n) is 1.25. The predicted molar refractivity (Wildman–Crippen MR) is 50.6 cm³/mol. The summed E-state index contributed by atoms with van der Waals surface area (Å²) in [6, 6.07) is 0.413. The average molecular weight is 219 g/mol. The molecule has 1 aromatic carbocycles. The molecule has 0 bridgehead atoms. The van der Waals surface area contributed by atoms with Crippen molar-refractivity contribution in [1.29, 1.82) is 0 Å². The van der Waals surface area contributed by atoms with Crippen LogP contribution in [0.5, 0.6) is 5.75 Å². The van der Waals surface area contributed by atoms with E-state index in [2.05, 4.69) is 0 Å². The maximum atomic E-state index is 12.3. The van der Waals surface area contributed by atoms with Crippen molar-refractivity contribution in [2.75, 3.05) is 0 Å². The SMILES string of the molecule is Cc1cc(O)c([C@@H](N)C(F)(F)F)cc1C. The van der Waals surface area contributed by atoms with Crippen molar-refractivity contribution < 1.29 is 18.3 Å². The van der Waals surface area contributed by atoms with Crippen LogP contribution in [0.4, 0.5) is 13.2 Å². The fraction of sp³-hybridized carbons (Fsp3) is 0.400. The summed E-state index contributed by atoms with van der Waals surface area (Å²) in [7, 11) is 0. The molecule has 0 aliphatic rings. The first-order chi connectivity index (χ1) is 6.73. The highest BCUT2D eigenvalue weighted by molar-refractivity contribution is 5.42. The van der Waals surface area contributed by atoms with Gasteiger partial charge < -0.3 is 10.8 Å². The lowest BCUT2D eigenvalue weighted by Crippen LogP contribution is -2.28. The molecule has 0 aliphatic heterocycles. The third-order valence-corrected chi connectivity index (χ3v) is 2.33. The van der Waals surface area contributed by atoms with Gasteiger partial charge >= 0.3 is 6.18 Å². The topological polar surface area (TPSA) is 46.2 Å². The van der Waals surface area contributed by atoms with E-state index < -0.39 is 18.0 Å². The van der Waals surface area contributed by atoms with Crippen molar-refractivity contribution in [3.8, 4) is 5.75 Å². The number of hydrogen-bond acceptors (Lipinski definition) is 2. The van der Waals surface area contributed by atoms with E-state index in [9.17, 15) is 18.3 Å². The van der Waals surface area contributed by atoms with E-state index in [0.717, 1.165) is 5.56 Å². The Kier molecular flexibility index (Phi) is 2.95. The Bertz CT molecular complexity index is 374. The summed E-state index contributed by atoms with van der Waals surface area (Å²) in [5, 5.41) is 9.37. The van der Waals surface area contributed by atoms with Gasteiger partial charge in [-0.25, -0.2) is 0 Å². The van der Waals surface area contributed by atoms with Crippen LogP contribution in [0.15, 0.2) is 12.1 Å². The van der Waals surface area contributed by atoms with Crippen LogP contribution < -0.4 is 5.73 Å². The first-order valence-corrected chi connectivity index (χ1v) is 4.36.